The number of nitrogens with one attached hydrogen (secondary N) is 1. The Kier molecular flexibility index (Phi) is 4.19. The minimum absolute atomic E-state index is 0.0933. The maximum atomic E-state index is 11.1. The lowest BCUT2D eigenvalue weighted by atomic mass is 10.3. The molecule has 0 amide bonds. The largest absolute Gasteiger partial charge is 0.370 e. The predicted octanol–water partition coefficient (Wildman–Crippen LogP) is 2.80. The van der Waals surface area contributed by atoms with Crippen LogP contribution in [-0.4, -0.2) is 29.0 Å². The maximum Gasteiger partial charge on any atom is 0.311 e. The first kappa shape index (κ1) is 13.6. The Hall–Kier alpha value is -1.85. The minimum Gasteiger partial charge on any atom is -0.370 e. The summed E-state index contributed by atoms with van der Waals surface area (Å²) in [6.07, 6.45) is 3.19. The molecule has 0 unspecified atom stereocenters. The molecule has 1 aromatic rings. The van der Waals surface area contributed by atoms with Crippen molar-refractivity contribution in [2.24, 2.45) is 0 Å². The van der Waals surface area contributed by atoms with Gasteiger partial charge in [0.25, 0.3) is 0 Å². The van der Waals surface area contributed by atoms with Crippen LogP contribution in [-0.2, 0) is 0 Å². The zero-order valence-electron chi connectivity index (χ0n) is 11.4. The Labute approximate surface area is 113 Å². The molecule has 1 aliphatic carbocycles. The van der Waals surface area contributed by atoms with Crippen molar-refractivity contribution < 1.29 is 4.92 Å². The smallest absolute Gasteiger partial charge is 0.311 e. The fourth-order valence-corrected chi connectivity index (χ4v) is 2.11. The van der Waals surface area contributed by atoms with Gasteiger partial charge in [0.05, 0.1) is 4.92 Å². The molecule has 0 atom stereocenters. The van der Waals surface area contributed by atoms with Gasteiger partial charge in [-0.05, 0) is 32.3 Å². The Balaban J connectivity index is 2.31. The third-order valence-electron chi connectivity index (χ3n) is 3.21. The van der Waals surface area contributed by atoms with E-state index in [1.807, 2.05) is 11.8 Å². The van der Waals surface area contributed by atoms with Gasteiger partial charge in [-0.2, -0.15) is 0 Å². The highest BCUT2D eigenvalue weighted by Gasteiger charge is 2.33. The normalized spacial score (nSPS) is 14.2. The van der Waals surface area contributed by atoms with Crippen molar-refractivity contribution in [1.29, 1.82) is 0 Å². The molecule has 2 rings (SSSR count). The second-order valence-corrected chi connectivity index (χ2v) is 4.74. The summed E-state index contributed by atoms with van der Waals surface area (Å²) in [4.78, 5) is 17.3. The van der Waals surface area contributed by atoms with Crippen LogP contribution in [0.5, 0.6) is 0 Å². The van der Waals surface area contributed by atoms with Crippen molar-refractivity contribution in [3.8, 4) is 0 Å². The minimum atomic E-state index is -0.350. The van der Waals surface area contributed by atoms with Crippen LogP contribution in [0.25, 0.3) is 0 Å². The average Bonchev–Trinajstić information content (AvgIpc) is 3.22. The van der Waals surface area contributed by atoms with Gasteiger partial charge in [-0.25, -0.2) is 4.98 Å². The summed E-state index contributed by atoms with van der Waals surface area (Å²) in [6, 6.07) is 3.64. The molecule has 1 aromatic heterocycles. The lowest BCUT2D eigenvalue weighted by Crippen LogP contribution is -2.27. The molecular formula is C13H20N4O2. The van der Waals surface area contributed by atoms with Crippen LogP contribution in [0.15, 0.2) is 12.1 Å². The topological polar surface area (TPSA) is 71.3 Å². The molecule has 0 saturated heterocycles. The van der Waals surface area contributed by atoms with Crippen LogP contribution in [0.3, 0.4) is 0 Å². The standard InChI is InChI=1S/C13H20N4O2/c1-3-9-14-12-8-7-11(17(18)19)13(15-12)16(4-2)10-5-6-10/h7-8,10H,3-6,9H2,1-2H3,(H,14,15). The van der Waals surface area contributed by atoms with E-state index in [1.54, 1.807) is 12.1 Å². The molecule has 0 bridgehead atoms. The van der Waals surface area contributed by atoms with Gasteiger partial charge in [0.15, 0.2) is 0 Å². The summed E-state index contributed by atoms with van der Waals surface area (Å²) in [5.74, 6) is 1.21. The highest BCUT2D eigenvalue weighted by Crippen LogP contribution is 2.36. The lowest BCUT2D eigenvalue weighted by molar-refractivity contribution is -0.384. The molecule has 1 saturated carbocycles. The number of nitrogens with zero attached hydrogens (tertiary/aromatic N) is 3. The van der Waals surface area contributed by atoms with Crippen LogP contribution in [0, 0.1) is 10.1 Å². The first-order valence-corrected chi connectivity index (χ1v) is 6.83. The molecule has 104 valence electrons. The van der Waals surface area contributed by atoms with Gasteiger partial charge in [0.2, 0.25) is 5.82 Å². The van der Waals surface area contributed by atoms with E-state index in [2.05, 4.69) is 17.2 Å². The van der Waals surface area contributed by atoms with Gasteiger partial charge in [-0.3, -0.25) is 10.1 Å². The number of pyridine rings is 1. The summed E-state index contributed by atoms with van der Waals surface area (Å²) in [7, 11) is 0. The number of nitro groups is 1. The molecular weight excluding hydrogens is 244 g/mol. The molecule has 19 heavy (non-hydrogen) atoms. The van der Waals surface area contributed by atoms with Crippen LogP contribution < -0.4 is 10.2 Å². The van der Waals surface area contributed by atoms with Crippen molar-refractivity contribution in [2.45, 2.75) is 39.2 Å². The Bertz CT molecular complexity index is 460. The molecule has 1 heterocycles. The fraction of sp³-hybridized carbons (Fsp3) is 0.615. The maximum absolute atomic E-state index is 11.1. The predicted molar refractivity (Wildman–Crippen MR) is 75.7 cm³/mol. The van der Waals surface area contributed by atoms with Gasteiger partial charge in [-0.15, -0.1) is 0 Å². The molecule has 0 radical (unpaired) electrons. The van der Waals surface area contributed by atoms with Gasteiger partial charge in [-0.1, -0.05) is 6.92 Å². The first-order valence-electron chi connectivity index (χ1n) is 6.83. The molecule has 0 spiro atoms. The molecule has 1 fully saturated rings. The zero-order valence-corrected chi connectivity index (χ0v) is 11.4. The highest BCUT2D eigenvalue weighted by atomic mass is 16.6. The first-order chi connectivity index (χ1) is 9.17. The third kappa shape index (κ3) is 3.13. The summed E-state index contributed by atoms with van der Waals surface area (Å²) in [5, 5.41) is 14.3. The Morgan fingerprint density at radius 3 is 2.74 bits per heavy atom. The van der Waals surface area contributed by atoms with Crippen molar-refractivity contribution in [2.75, 3.05) is 23.3 Å². The van der Waals surface area contributed by atoms with Crippen molar-refractivity contribution in [1.82, 2.24) is 4.98 Å². The second-order valence-electron chi connectivity index (χ2n) is 4.74. The Morgan fingerprint density at radius 1 is 1.47 bits per heavy atom. The summed E-state index contributed by atoms with van der Waals surface area (Å²) < 4.78 is 0. The quantitative estimate of drug-likeness (QED) is 0.605. The van der Waals surface area contributed by atoms with E-state index in [-0.39, 0.29) is 10.6 Å². The lowest BCUT2D eigenvalue weighted by Gasteiger charge is -2.21. The van der Waals surface area contributed by atoms with Gasteiger partial charge in [0, 0.05) is 25.2 Å². The van der Waals surface area contributed by atoms with Crippen molar-refractivity contribution >= 4 is 17.3 Å². The van der Waals surface area contributed by atoms with Crippen LogP contribution in [0.1, 0.15) is 33.1 Å². The highest BCUT2D eigenvalue weighted by molar-refractivity contribution is 5.62. The number of rotatable bonds is 7. The molecule has 6 heteroatoms. The number of hydrogen-bond acceptors (Lipinski definition) is 5. The third-order valence-corrected chi connectivity index (χ3v) is 3.21. The van der Waals surface area contributed by atoms with Crippen molar-refractivity contribution in [3.05, 3.63) is 22.2 Å². The number of hydrogen-bond donors (Lipinski definition) is 1. The van der Waals surface area contributed by atoms with Gasteiger partial charge >= 0.3 is 5.69 Å². The molecule has 0 aromatic carbocycles. The monoisotopic (exact) mass is 264 g/mol. The summed E-state index contributed by atoms with van der Waals surface area (Å²) in [6.45, 7) is 5.65. The van der Waals surface area contributed by atoms with Crippen molar-refractivity contribution in [3.63, 3.8) is 0 Å². The van der Waals surface area contributed by atoms with Gasteiger partial charge in [0.1, 0.15) is 5.82 Å². The molecule has 6 nitrogen and oxygen atoms in total. The SMILES string of the molecule is CCCNc1ccc([N+](=O)[O-])c(N(CC)C2CC2)n1. The van der Waals surface area contributed by atoms with Gasteiger partial charge < -0.3 is 10.2 Å². The molecule has 0 aliphatic heterocycles. The van der Waals surface area contributed by atoms with Crippen LogP contribution in [0.4, 0.5) is 17.3 Å². The average molecular weight is 264 g/mol. The zero-order chi connectivity index (χ0) is 13.8. The summed E-state index contributed by atoms with van der Waals surface area (Å²) in [5.41, 5.74) is 0.0933. The van der Waals surface area contributed by atoms with E-state index in [0.29, 0.717) is 17.7 Å². The van der Waals surface area contributed by atoms with E-state index in [4.69, 9.17) is 0 Å². The molecule has 1 N–H and O–H groups in total. The van der Waals surface area contributed by atoms with E-state index in [9.17, 15) is 10.1 Å². The van der Waals surface area contributed by atoms with E-state index < -0.39 is 0 Å². The van der Waals surface area contributed by atoms with E-state index in [0.717, 1.165) is 32.4 Å². The number of aromatic nitrogens is 1. The van der Waals surface area contributed by atoms with Crippen LogP contribution >= 0.6 is 0 Å². The van der Waals surface area contributed by atoms with Crippen LogP contribution in [0.2, 0.25) is 0 Å². The summed E-state index contributed by atoms with van der Waals surface area (Å²) >= 11 is 0. The fourth-order valence-electron chi connectivity index (χ4n) is 2.11. The van der Waals surface area contributed by atoms with E-state index >= 15 is 0 Å². The molecule has 1 aliphatic rings. The number of anilines is 2. The second kappa shape index (κ2) is 5.86. The Morgan fingerprint density at radius 2 is 2.21 bits per heavy atom. The van der Waals surface area contributed by atoms with E-state index in [1.165, 1.54) is 0 Å².